The number of hydrogen-bond donors (Lipinski definition) is 6. The van der Waals surface area contributed by atoms with Crippen molar-refractivity contribution in [2.75, 3.05) is 87.8 Å². The Bertz CT molecular complexity index is 2470. The fourth-order valence-corrected chi connectivity index (χ4v) is 5.68. The number of aldehydes is 1. The number of carbonyl (C=O) groups excluding carboxylic acids is 4. The topological polar surface area (TPSA) is 332 Å². The van der Waals surface area contributed by atoms with Gasteiger partial charge in [-0.1, -0.05) is 31.2 Å². The van der Waals surface area contributed by atoms with E-state index in [2.05, 4.69) is 40.5 Å². The van der Waals surface area contributed by atoms with Gasteiger partial charge in [0.2, 0.25) is 0 Å². The molecule has 0 aliphatic rings. The third kappa shape index (κ3) is 21.1. The fourth-order valence-electron chi connectivity index (χ4n) is 5.68. The Morgan fingerprint density at radius 3 is 1.50 bits per heavy atom. The molecule has 0 saturated carbocycles. The largest absolute Gasteiger partial charge is 0.480 e. The van der Waals surface area contributed by atoms with E-state index in [0.29, 0.717) is 74.2 Å². The van der Waals surface area contributed by atoms with Gasteiger partial charge in [-0.05, 0) is 76.6 Å². The minimum atomic E-state index is -0.804. The quantitative estimate of drug-likeness (QED) is 0.0132. The zero-order valence-corrected chi connectivity index (χ0v) is 39.6. The molecule has 0 aliphatic carbocycles. The zero-order valence-electron chi connectivity index (χ0n) is 39.6. The molecule has 6 N–H and O–H groups in total. The van der Waals surface area contributed by atoms with E-state index in [-0.39, 0.29) is 42.4 Å². The first-order chi connectivity index (χ1) is 33.6. The fraction of sp³-hybridized carbons (Fsp3) is 0.419. The van der Waals surface area contributed by atoms with Gasteiger partial charge < -0.3 is 41.2 Å². The van der Waals surface area contributed by atoms with E-state index in [4.69, 9.17) is 20.2 Å². The number of unbranched alkanes of at least 4 members (excludes halogenated alkanes) is 1. The molecule has 0 spiro atoms. The van der Waals surface area contributed by atoms with Crippen LogP contribution in [0.25, 0.3) is 0 Å². The lowest BCUT2D eigenvalue weighted by Gasteiger charge is -2.24. The summed E-state index contributed by atoms with van der Waals surface area (Å²) in [6.45, 7) is 4.97. The van der Waals surface area contributed by atoms with Crippen LogP contribution >= 0.6 is 0 Å². The summed E-state index contributed by atoms with van der Waals surface area (Å²) < 4.78 is 2.52. The highest BCUT2D eigenvalue weighted by atomic mass is 17.3. The van der Waals surface area contributed by atoms with Crippen molar-refractivity contribution in [3.8, 4) is 0 Å². The van der Waals surface area contributed by atoms with Crippen LogP contribution in [0.1, 0.15) is 74.6 Å². The Labute approximate surface area is 400 Å². The number of amides is 3. The summed E-state index contributed by atoms with van der Waals surface area (Å²) in [5.41, 5.74) is -2.53. The third-order valence-electron chi connectivity index (χ3n) is 8.87. The van der Waals surface area contributed by atoms with E-state index in [1.807, 2.05) is 14.0 Å². The maximum atomic E-state index is 13.3. The summed E-state index contributed by atoms with van der Waals surface area (Å²) in [6.07, 6.45) is 2.75. The number of pyridine rings is 4. The van der Waals surface area contributed by atoms with Crippen molar-refractivity contribution in [1.29, 1.82) is 0 Å². The normalized spacial score (nSPS) is 10.2. The maximum absolute atomic E-state index is 13.3. The summed E-state index contributed by atoms with van der Waals surface area (Å²) in [7, 11) is 6.58. The first-order valence-corrected chi connectivity index (χ1v) is 21.2. The highest BCUT2D eigenvalue weighted by Gasteiger charge is 2.20. The minimum absolute atomic E-state index is 0.00302. The molecule has 0 unspecified atom stereocenters. The number of nitrogens with zero attached hydrogens (tertiary/aromatic N) is 6. The van der Waals surface area contributed by atoms with E-state index in [0.717, 1.165) is 22.6 Å². The predicted molar refractivity (Wildman–Crippen MR) is 247 cm³/mol. The smallest absolute Gasteiger partial charge is 0.317 e. The van der Waals surface area contributed by atoms with Gasteiger partial charge in [-0.2, -0.15) is 14.7 Å². The molecule has 70 heavy (non-hydrogen) atoms. The number of aromatic nitrogens is 4. The molecule has 0 aliphatic heterocycles. The van der Waals surface area contributed by atoms with Gasteiger partial charge in [0.05, 0.1) is 27.9 Å². The van der Waals surface area contributed by atoms with Gasteiger partial charge in [0.25, 0.3) is 40.0 Å². The molecule has 4 heterocycles. The molecule has 27 heteroatoms. The average Bonchev–Trinajstić information content (AvgIpc) is 3.35. The van der Waals surface area contributed by atoms with Crippen LogP contribution in [0, 0.1) is 0 Å². The molecule has 0 saturated heterocycles. The Kier molecular flexibility index (Phi) is 29.8. The van der Waals surface area contributed by atoms with Crippen molar-refractivity contribution in [2.45, 2.75) is 32.6 Å². The molecule has 0 radical (unpaired) electrons. The first kappa shape index (κ1) is 60.3. The summed E-state index contributed by atoms with van der Waals surface area (Å²) in [5, 5.41) is 33.2. The van der Waals surface area contributed by atoms with Crippen LogP contribution < -0.4 is 53.2 Å². The Balaban J connectivity index is 0.000000961. The number of aliphatic carboxylic acids is 1. The van der Waals surface area contributed by atoms with Crippen molar-refractivity contribution in [3.05, 3.63) is 137 Å². The lowest BCUT2D eigenvalue weighted by atomic mass is 10.2. The Morgan fingerprint density at radius 2 is 1.03 bits per heavy atom. The summed E-state index contributed by atoms with van der Waals surface area (Å²) in [5.74, 6) is -2.45. The van der Waals surface area contributed by atoms with E-state index in [9.17, 15) is 48.4 Å². The number of aliphatic hydroxyl groups excluding tert-OH is 1. The summed E-state index contributed by atoms with van der Waals surface area (Å²) in [6, 6.07) is 16.1. The van der Waals surface area contributed by atoms with Crippen molar-refractivity contribution < 1.29 is 69.0 Å². The third-order valence-corrected chi connectivity index (χ3v) is 8.87. The Hall–Kier alpha value is -7.69. The van der Waals surface area contributed by atoms with Gasteiger partial charge in [-0.15, -0.1) is 18.9 Å². The molecule has 386 valence electrons. The molecular weight excluding hydrogens is 931 g/mol. The monoisotopic (exact) mass is 991 g/mol. The van der Waals surface area contributed by atoms with Gasteiger partial charge in [-0.25, -0.2) is 15.0 Å². The lowest BCUT2D eigenvalue weighted by molar-refractivity contribution is -0.274. The molecule has 0 aromatic carbocycles. The van der Waals surface area contributed by atoms with Gasteiger partial charge in [0.1, 0.15) is 11.4 Å². The first-order valence-electron chi connectivity index (χ1n) is 21.2. The number of carbonyl (C=O) groups is 5. The van der Waals surface area contributed by atoms with Crippen LogP contribution in [0.15, 0.2) is 92.0 Å². The molecule has 4 rings (SSSR count). The van der Waals surface area contributed by atoms with Gasteiger partial charge in [-0.3, -0.25) is 43.2 Å². The molecular formula is C43H61N9O18. The van der Waals surface area contributed by atoms with Crippen LogP contribution in [0.3, 0.4) is 0 Å². The van der Waals surface area contributed by atoms with Crippen LogP contribution in [0.5, 0.6) is 0 Å². The van der Waals surface area contributed by atoms with Crippen molar-refractivity contribution >= 4 is 30.0 Å². The van der Waals surface area contributed by atoms with E-state index >= 15 is 0 Å². The number of carboxylic acid groups (broad SMARTS) is 1. The highest BCUT2D eigenvalue weighted by molar-refractivity contribution is 5.93. The molecule has 0 atom stereocenters. The molecule has 27 nitrogen and oxygen atoms in total. The van der Waals surface area contributed by atoms with E-state index in [1.165, 1.54) is 93.0 Å². The average molecular weight is 992 g/mol. The van der Waals surface area contributed by atoms with E-state index < -0.39 is 45.9 Å². The molecule has 0 fully saturated rings. The number of nitrogens with one attached hydrogen (secondary N) is 3. The Morgan fingerprint density at radius 1 is 0.614 bits per heavy atom. The standard InChI is InChI=1S/C31H41N7O11.C7H7NO4.C4H9NO2.CH4O/c1-34(20-9-17-32-29(42)23-11-6-15-27(40)37(23)48-46-2)19-4-5-21-35(31(44)25-13-8-14-26(39)36(25)45)22-10-18-33-30(43)24-12-7-16-28(41)38(24)49-47-3;1-11-12-8-6(5-9)3-2-4-7(8)10;1-2-5-3-4(6)7;1-2/h6-8,11-16,45H,4-5,9-10,17-22H2,1-3H3,(H,32,42)(H,33,43);2-5H,1H3;5H,2-3H2,1H3,(H,6,7);2H,1H3. The molecule has 3 amide bonds. The van der Waals surface area contributed by atoms with Crippen molar-refractivity contribution in [3.63, 3.8) is 0 Å². The highest BCUT2D eigenvalue weighted by Crippen LogP contribution is 2.07. The zero-order chi connectivity index (χ0) is 52.4. The number of aliphatic hydroxyl groups is 1. The molecule has 4 aromatic heterocycles. The van der Waals surface area contributed by atoms with Crippen molar-refractivity contribution in [2.24, 2.45) is 0 Å². The van der Waals surface area contributed by atoms with Crippen LogP contribution in [-0.2, 0) is 19.5 Å². The van der Waals surface area contributed by atoms with Crippen LogP contribution in [0.2, 0.25) is 0 Å². The van der Waals surface area contributed by atoms with Crippen molar-refractivity contribution in [1.82, 2.24) is 44.7 Å². The maximum Gasteiger partial charge on any atom is 0.317 e. The molecule has 0 bridgehead atoms. The minimum Gasteiger partial charge on any atom is -0.480 e. The summed E-state index contributed by atoms with van der Waals surface area (Å²) in [4.78, 5) is 136. The second kappa shape index (κ2) is 34.6. The van der Waals surface area contributed by atoms with Gasteiger partial charge in [0, 0.05) is 57.6 Å². The van der Waals surface area contributed by atoms with Crippen LogP contribution in [-0.4, -0.2) is 162 Å². The predicted octanol–water partition coefficient (Wildman–Crippen LogP) is -1.88. The van der Waals surface area contributed by atoms with Crippen LogP contribution in [0.4, 0.5) is 0 Å². The second-order valence-electron chi connectivity index (χ2n) is 13.8. The number of carboxylic acids is 1. The number of likely N-dealkylation sites (N-methyl/N-ethyl adjacent to an activating group) is 1. The summed E-state index contributed by atoms with van der Waals surface area (Å²) >= 11 is 0. The van der Waals surface area contributed by atoms with Gasteiger partial charge in [0.15, 0.2) is 17.7 Å². The van der Waals surface area contributed by atoms with Gasteiger partial charge >= 0.3 is 5.97 Å². The lowest BCUT2D eigenvalue weighted by Crippen LogP contribution is -2.39. The number of rotatable bonds is 26. The SMILES string of the molecule is CCNCC(=O)O.CO.COOn1c(C(=O)NCCCN(C)CCCCN(CCCNC(=O)c2cccc(=O)n2OOC)C(=O)c2cccc(=O)n2O)cccc1=O.COOn1c(C=O)cccc1=O. The second-order valence-corrected chi connectivity index (χ2v) is 13.8. The number of hydrogen-bond acceptors (Lipinski definition) is 19. The van der Waals surface area contributed by atoms with E-state index in [1.54, 1.807) is 0 Å². The molecule has 4 aromatic rings.